The molecule has 3 heteroatoms. The first-order valence-corrected chi connectivity index (χ1v) is 19.9. The summed E-state index contributed by atoms with van der Waals surface area (Å²) in [5, 5.41) is 5.35. The monoisotopic (exact) mass is 721 g/mol. The van der Waals surface area contributed by atoms with Gasteiger partial charge in [-0.05, 0) is 92.1 Å². The minimum absolute atomic E-state index is 0.181. The van der Waals surface area contributed by atoms with E-state index >= 15 is 0 Å². The van der Waals surface area contributed by atoms with Gasteiger partial charge in [0.25, 0.3) is 0 Å². The molecule has 0 bridgehead atoms. The second-order valence-electron chi connectivity index (χ2n) is 15.9. The smallest absolute Gasteiger partial charge is 0.164 e. The molecule has 3 nitrogen and oxygen atoms in total. The lowest BCUT2D eigenvalue weighted by atomic mass is 9.53. The molecule has 2 unspecified atom stereocenters. The number of nitrogens with zero attached hydrogens (tertiary/aromatic N) is 3. The Labute approximate surface area is 329 Å². The largest absolute Gasteiger partial charge is 0.208 e. The molecule has 10 rings (SSSR count). The van der Waals surface area contributed by atoms with Crippen molar-refractivity contribution in [1.82, 2.24) is 15.0 Å². The molecule has 0 aliphatic heterocycles. The number of fused-ring (bicyclic) bond motifs is 6. The molecular formula is C53H43N3. The summed E-state index contributed by atoms with van der Waals surface area (Å²) < 4.78 is 0. The van der Waals surface area contributed by atoms with E-state index in [9.17, 15) is 0 Å². The molecule has 3 aliphatic carbocycles. The number of hydrogen-bond acceptors (Lipinski definition) is 3. The van der Waals surface area contributed by atoms with Gasteiger partial charge in [0, 0.05) is 22.1 Å². The van der Waals surface area contributed by atoms with Crippen LogP contribution >= 0.6 is 0 Å². The maximum Gasteiger partial charge on any atom is 0.164 e. The van der Waals surface area contributed by atoms with Crippen molar-refractivity contribution in [2.45, 2.75) is 44.9 Å². The molecule has 1 aromatic heterocycles. The molecule has 0 N–H and O–H groups in total. The second kappa shape index (κ2) is 13.7. The van der Waals surface area contributed by atoms with Crippen molar-refractivity contribution < 1.29 is 0 Å². The molecule has 0 fully saturated rings. The molecule has 0 radical (unpaired) electrons. The van der Waals surface area contributed by atoms with E-state index in [4.69, 9.17) is 15.0 Å². The summed E-state index contributed by atoms with van der Waals surface area (Å²) in [5.41, 5.74) is 10.5. The minimum Gasteiger partial charge on any atom is -0.208 e. The van der Waals surface area contributed by atoms with Crippen molar-refractivity contribution in [2.24, 2.45) is 5.41 Å². The lowest BCUT2D eigenvalue weighted by Gasteiger charge is -2.50. The molecule has 0 saturated carbocycles. The summed E-state index contributed by atoms with van der Waals surface area (Å²) in [6.07, 6.45) is 21.0. The minimum atomic E-state index is -0.189. The molecule has 3 aliphatic rings. The van der Waals surface area contributed by atoms with Gasteiger partial charge in [-0.3, -0.25) is 0 Å². The quantitative estimate of drug-likeness (QED) is 0.161. The van der Waals surface area contributed by atoms with Crippen LogP contribution in [0.3, 0.4) is 0 Å². The van der Waals surface area contributed by atoms with E-state index in [0.29, 0.717) is 17.5 Å². The van der Waals surface area contributed by atoms with Gasteiger partial charge in [-0.25, -0.2) is 15.0 Å². The van der Waals surface area contributed by atoms with Gasteiger partial charge in [0.15, 0.2) is 17.5 Å². The van der Waals surface area contributed by atoms with Crippen LogP contribution in [0.4, 0.5) is 0 Å². The van der Waals surface area contributed by atoms with E-state index in [1.807, 2.05) is 36.4 Å². The van der Waals surface area contributed by atoms with E-state index in [-0.39, 0.29) is 10.8 Å². The highest BCUT2D eigenvalue weighted by Gasteiger charge is 2.48. The van der Waals surface area contributed by atoms with E-state index in [1.54, 1.807) is 0 Å². The first kappa shape index (κ1) is 34.1. The Balaban J connectivity index is 1.11. The predicted octanol–water partition coefficient (Wildman–Crippen LogP) is 13.5. The van der Waals surface area contributed by atoms with Crippen molar-refractivity contribution in [3.63, 3.8) is 0 Å². The van der Waals surface area contributed by atoms with Crippen LogP contribution in [0.1, 0.15) is 56.2 Å². The average molecular weight is 722 g/mol. The Morgan fingerprint density at radius 1 is 0.464 bits per heavy atom. The van der Waals surface area contributed by atoms with Crippen LogP contribution in [0, 0.1) is 5.41 Å². The maximum atomic E-state index is 5.05. The highest BCUT2D eigenvalue weighted by Crippen LogP contribution is 2.58. The lowest BCUT2D eigenvalue weighted by Crippen LogP contribution is -2.42. The number of aromatic nitrogens is 3. The number of rotatable bonds is 6. The van der Waals surface area contributed by atoms with E-state index < -0.39 is 0 Å². The molecular weight excluding hydrogens is 679 g/mol. The molecule has 2 atom stereocenters. The molecule has 0 saturated heterocycles. The zero-order valence-electron chi connectivity index (χ0n) is 31.9. The standard InChI is InChI=1S/C53H43N3/c1-52(53(2)33-31-42(36-18-6-3-7-19-36)47-45-29-14-12-27-43(45)44-28-13-15-30-46(44)48(47)53)32-17-26-41(35-52)39-24-16-25-40(34-39)51-55-49(37-20-8-4-9-21-37)54-50(56-51)38-22-10-5-11-23-38/h4-6,8-31,34-35H,3,7,32-33H2,1-2H3. The maximum absolute atomic E-state index is 5.05. The summed E-state index contributed by atoms with van der Waals surface area (Å²) >= 11 is 0. The normalized spacial score (nSPS) is 20.4. The third kappa shape index (κ3) is 5.69. The van der Waals surface area contributed by atoms with Gasteiger partial charge in [0.05, 0.1) is 0 Å². The molecule has 6 aromatic carbocycles. The van der Waals surface area contributed by atoms with Gasteiger partial charge in [0.1, 0.15) is 0 Å². The van der Waals surface area contributed by atoms with Gasteiger partial charge in [0.2, 0.25) is 0 Å². The fourth-order valence-corrected chi connectivity index (χ4v) is 9.32. The summed E-state index contributed by atoms with van der Waals surface area (Å²) in [4.78, 5) is 15.0. The van der Waals surface area contributed by atoms with E-state index in [0.717, 1.165) is 47.9 Å². The SMILES string of the molecule is CC1(C2(C)CC=C(C3=CCCC=C3)c3c2c2ccccc2c2ccccc32)C=C(c2cccc(-c3nc(-c4ccccc4)nc(-c4ccccc4)n3)c2)C=CC1. The van der Waals surface area contributed by atoms with Crippen molar-refractivity contribution in [3.05, 3.63) is 198 Å². The van der Waals surface area contributed by atoms with Crippen LogP contribution in [0.25, 0.3) is 66.9 Å². The van der Waals surface area contributed by atoms with Crippen molar-refractivity contribution >= 4 is 32.7 Å². The molecule has 0 amide bonds. The molecule has 270 valence electrons. The Bertz CT molecular complexity index is 2760. The Morgan fingerprint density at radius 3 is 1.68 bits per heavy atom. The highest BCUT2D eigenvalue weighted by molar-refractivity contribution is 6.16. The molecule has 7 aromatic rings. The van der Waals surface area contributed by atoms with Gasteiger partial charge in [-0.2, -0.15) is 0 Å². The predicted molar refractivity (Wildman–Crippen MR) is 234 cm³/mol. The van der Waals surface area contributed by atoms with Crippen LogP contribution in [0.2, 0.25) is 0 Å². The van der Waals surface area contributed by atoms with Crippen LogP contribution in [-0.2, 0) is 5.41 Å². The van der Waals surface area contributed by atoms with Gasteiger partial charge >= 0.3 is 0 Å². The van der Waals surface area contributed by atoms with Gasteiger partial charge in [-0.15, -0.1) is 0 Å². The van der Waals surface area contributed by atoms with Crippen LogP contribution in [0.15, 0.2) is 182 Å². The number of benzene rings is 6. The second-order valence-corrected chi connectivity index (χ2v) is 15.9. The van der Waals surface area contributed by atoms with Crippen LogP contribution < -0.4 is 0 Å². The zero-order valence-corrected chi connectivity index (χ0v) is 31.9. The number of allylic oxidation sites excluding steroid dienone is 10. The van der Waals surface area contributed by atoms with Crippen molar-refractivity contribution in [2.75, 3.05) is 0 Å². The Hall–Kier alpha value is -6.45. The zero-order chi connectivity index (χ0) is 37.7. The van der Waals surface area contributed by atoms with Crippen molar-refractivity contribution in [1.29, 1.82) is 0 Å². The summed E-state index contributed by atoms with van der Waals surface area (Å²) in [6, 6.07) is 47.2. The Kier molecular flexibility index (Phi) is 8.33. The Morgan fingerprint density at radius 2 is 1.02 bits per heavy atom. The molecule has 56 heavy (non-hydrogen) atoms. The number of hydrogen-bond donors (Lipinski definition) is 0. The van der Waals surface area contributed by atoms with Gasteiger partial charge < -0.3 is 0 Å². The van der Waals surface area contributed by atoms with Crippen LogP contribution in [-0.4, -0.2) is 15.0 Å². The van der Waals surface area contributed by atoms with Crippen molar-refractivity contribution in [3.8, 4) is 34.2 Å². The topological polar surface area (TPSA) is 38.7 Å². The molecule has 1 heterocycles. The summed E-state index contributed by atoms with van der Waals surface area (Å²) in [7, 11) is 0. The van der Waals surface area contributed by atoms with Crippen LogP contribution in [0.5, 0.6) is 0 Å². The lowest BCUT2D eigenvalue weighted by molar-refractivity contribution is 0.220. The third-order valence-electron chi connectivity index (χ3n) is 12.5. The molecule has 0 spiro atoms. The van der Waals surface area contributed by atoms with E-state index in [2.05, 4.69) is 153 Å². The summed E-state index contributed by atoms with van der Waals surface area (Å²) in [5.74, 6) is 2.00. The van der Waals surface area contributed by atoms with Gasteiger partial charge in [-0.1, -0.05) is 184 Å². The third-order valence-corrected chi connectivity index (χ3v) is 12.5. The summed E-state index contributed by atoms with van der Waals surface area (Å²) in [6.45, 7) is 5.01. The fourth-order valence-electron chi connectivity index (χ4n) is 9.32. The first-order chi connectivity index (χ1) is 27.5. The highest BCUT2D eigenvalue weighted by atomic mass is 15.0. The first-order valence-electron chi connectivity index (χ1n) is 19.9. The van der Waals surface area contributed by atoms with E-state index in [1.165, 1.54) is 49.4 Å². The average Bonchev–Trinajstić information content (AvgIpc) is 3.27. The fraction of sp³-hybridized carbons (Fsp3) is 0.151.